The van der Waals surface area contributed by atoms with Crippen LogP contribution in [-0.4, -0.2) is 45.7 Å². The van der Waals surface area contributed by atoms with Crippen molar-refractivity contribution in [3.63, 3.8) is 0 Å². The summed E-state index contributed by atoms with van der Waals surface area (Å²) in [6, 6.07) is 7.39. The number of aromatic nitrogens is 1. The molecule has 4 heterocycles. The number of hydrogen-bond acceptors (Lipinski definition) is 4. The van der Waals surface area contributed by atoms with Gasteiger partial charge in [0, 0.05) is 31.9 Å². The van der Waals surface area contributed by atoms with Crippen molar-refractivity contribution in [3.05, 3.63) is 53.7 Å². The number of carbonyl (C=O) groups excluding carboxylic acids is 2. The third-order valence-corrected chi connectivity index (χ3v) is 5.42. The van der Waals surface area contributed by atoms with Gasteiger partial charge in [-0.2, -0.15) is 0 Å². The second-order valence-electron chi connectivity index (χ2n) is 7.14. The highest BCUT2D eigenvalue weighted by molar-refractivity contribution is 5.93. The number of rotatable bonds is 2. The molecule has 4 rings (SSSR count). The number of likely N-dealkylation sites (tertiary alicyclic amines) is 1. The Balaban J connectivity index is 1.64. The van der Waals surface area contributed by atoms with Crippen LogP contribution in [0.5, 0.6) is 0 Å². The van der Waals surface area contributed by atoms with Crippen molar-refractivity contribution < 1.29 is 14.0 Å². The van der Waals surface area contributed by atoms with E-state index in [2.05, 4.69) is 11.9 Å². The largest absolute Gasteiger partial charge is 0.459 e. The third-order valence-electron chi connectivity index (χ3n) is 5.42. The van der Waals surface area contributed by atoms with Gasteiger partial charge in [0.1, 0.15) is 0 Å². The highest BCUT2D eigenvalue weighted by Crippen LogP contribution is 2.31. The molecule has 2 unspecified atom stereocenters. The minimum atomic E-state index is -0.417. The lowest BCUT2D eigenvalue weighted by molar-refractivity contribution is -0.136. The number of pyridine rings is 1. The van der Waals surface area contributed by atoms with Crippen molar-refractivity contribution in [1.29, 1.82) is 0 Å². The predicted octanol–water partition coefficient (Wildman–Crippen LogP) is 2.82. The smallest absolute Gasteiger partial charge is 0.289 e. The Hall–Kier alpha value is -2.63. The van der Waals surface area contributed by atoms with E-state index in [-0.39, 0.29) is 17.9 Å². The van der Waals surface area contributed by atoms with Crippen LogP contribution in [0.25, 0.3) is 0 Å². The lowest BCUT2D eigenvalue weighted by Gasteiger charge is -2.39. The van der Waals surface area contributed by atoms with Crippen molar-refractivity contribution >= 4 is 11.8 Å². The molecule has 0 bridgehead atoms. The fraction of sp³-hybridized carbons (Fsp3) is 0.450. The third kappa shape index (κ3) is 3.00. The molecule has 0 aromatic carbocycles. The summed E-state index contributed by atoms with van der Waals surface area (Å²) in [4.78, 5) is 34.2. The molecule has 1 fully saturated rings. The molecule has 0 N–H and O–H groups in total. The number of furan rings is 1. The van der Waals surface area contributed by atoms with Crippen LogP contribution in [-0.2, 0) is 11.3 Å². The molecule has 2 aromatic rings. The van der Waals surface area contributed by atoms with Crippen molar-refractivity contribution in [1.82, 2.24) is 14.8 Å². The Kier molecular flexibility index (Phi) is 4.49. The van der Waals surface area contributed by atoms with Gasteiger partial charge in [-0.1, -0.05) is 6.07 Å². The maximum absolute atomic E-state index is 13.3. The predicted molar refractivity (Wildman–Crippen MR) is 95.5 cm³/mol. The Morgan fingerprint density at radius 1 is 1.23 bits per heavy atom. The molecule has 1 saturated heterocycles. The van der Waals surface area contributed by atoms with E-state index in [1.165, 1.54) is 6.26 Å². The van der Waals surface area contributed by atoms with Gasteiger partial charge in [-0.05, 0) is 49.9 Å². The number of hydrogen-bond donors (Lipinski definition) is 0. The fourth-order valence-electron chi connectivity index (χ4n) is 4.01. The number of amides is 2. The fourth-order valence-corrected chi connectivity index (χ4v) is 4.01. The summed E-state index contributed by atoms with van der Waals surface area (Å²) >= 11 is 0. The number of carbonyl (C=O) groups is 2. The van der Waals surface area contributed by atoms with E-state index in [0.717, 1.165) is 37.1 Å². The quantitative estimate of drug-likeness (QED) is 0.833. The van der Waals surface area contributed by atoms with E-state index in [4.69, 9.17) is 4.42 Å². The van der Waals surface area contributed by atoms with E-state index in [1.54, 1.807) is 23.2 Å². The summed E-state index contributed by atoms with van der Waals surface area (Å²) in [6.07, 6.45) is 6.44. The topological polar surface area (TPSA) is 66.7 Å². The van der Waals surface area contributed by atoms with Gasteiger partial charge in [0.15, 0.2) is 5.76 Å². The first-order valence-electron chi connectivity index (χ1n) is 9.22. The first-order chi connectivity index (χ1) is 12.6. The van der Waals surface area contributed by atoms with Crippen LogP contribution in [0.3, 0.4) is 0 Å². The Morgan fingerprint density at radius 3 is 2.88 bits per heavy atom. The average Bonchev–Trinajstić information content (AvgIpc) is 3.21. The van der Waals surface area contributed by atoms with Gasteiger partial charge in [-0.15, -0.1) is 0 Å². The highest BCUT2D eigenvalue weighted by atomic mass is 16.3. The van der Waals surface area contributed by atoms with Gasteiger partial charge in [0.25, 0.3) is 5.91 Å². The Morgan fingerprint density at radius 2 is 2.12 bits per heavy atom. The Bertz CT molecular complexity index is 802. The molecule has 0 aliphatic carbocycles. The number of piperidine rings is 1. The molecule has 0 radical (unpaired) electrons. The van der Waals surface area contributed by atoms with Gasteiger partial charge in [-0.3, -0.25) is 14.6 Å². The van der Waals surface area contributed by atoms with E-state index < -0.39 is 5.92 Å². The summed E-state index contributed by atoms with van der Waals surface area (Å²) in [6.45, 7) is 3.67. The molecule has 136 valence electrons. The molecule has 0 saturated carbocycles. The van der Waals surface area contributed by atoms with Crippen molar-refractivity contribution in [2.45, 2.75) is 44.7 Å². The molecule has 26 heavy (non-hydrogen) atoms. The summed E-state index contributed by atoms with van der Waals surface area (Å²) < 4.78 is 5.26. The van der Waals surface area contributed by atoms with Crippen molar-refractivity contribution in [2.24, 2.45) is 0 Å². The lowest BCUT2D eigenvalue weighted by Crippen LogP contribution is -2.49. The highest BCUT2D eigenvalue weighted by Gasteiger charge is 2.38. The summed E-state index contributed by atoms with van der Waals surface area (Å²) in [5, 5.41) is 0. The van der Waals surface area contributed by atoms with Crippen molar-refractivity contribution in [3.8, 4) is 0 Å². The standard InChI is InChI=1S/C20H23N3O3/c1-14-6-2-3-10-23(14)19(24)16-13-22(20(25)17-8-5-11-26-17)12-15-7-4-9-21-18(15)16/h4-5,7-9,11,14,16H,2-3,6,10,12-13H2,1H3. The molecule has 6 nitrogen and oxygen atoms in total. The molecule has 2 aliphatic heterocycles. The van der Waals surface area contributed by atoms with Gasteiger partial charge in [-0.25, -0.2) is 0 Å². The van der Waals surface area contributed by atoms with Crippen LogP contribution in [0, 0.1) is 0 Å². The zero-order chi connectivity index (χ0) is 18.1. The number of nitrogens with zero attached hydrogens (tertiary/aromatic N) is 3. The van der Waals surface area contributed by atoms with E-state index in [1.807, 2.05) is 17.0 Å². The van der Waals surface area contributed by atoms with Gasteiger partial charge in [0.05, 0.1) is 17.9 Å². The molecule has 2 aromatic heterocycles. The molecule has 2 aliphatic rings. The Labute approximate surface area is 152 Å². The van der Waals surface area contributed by atoms with Crippen LogP contribution in [0.2, 0.25) is 0 Å². The van der Waals surface area contributed by atoms with Gasteiger partial charge < -0.3 is 14.2 Å². The van der Waals surface area contributed by atoms with E-state index in [9.17, 15) is 9.59 Å². The molecule has 2 amide bonds. The first kappa shape index (κ1) is 16.8. The first-order valence-corrected chi connectivity index (χ1v) is 9.22. The maximum atomic E-state index is 13.3. The minimum absolute atomic E-state index is 0.0779. The summed E-state index contributed by atoms with van der Waals surface area (Å²) in [5.41, 5.74) is 1.74. The SMILES string of the molecule is CC1CCCCN1C(=O)C1CN(C(=O)c2ccco2)Cc2cccnc21. The molecule has 2 atom stereocenters. The van der Waals surface area contributed by atoms with E-state index >= 15 is 0 Å². The zero-order valence-electron chi connectivity index (χ0n) is 14.9. The molecular formula is C20H23N3O3. The van der Waals surface area contributed by atoms with Crippen LogP contribution in [0.1, 0.15) is 53.9 Å². The maximum Gasteiger partial charge on any atom is 0.289 e. The van der Waals surface area contributed by atoms with Crippen LogP contribution >= 0.6 is 0 Å². The summed E-state index contributed by atoms with van der Waals surface area (Å²) in [5.74, 6) is -0.225. The van der Waals surface area contributed by atoms with E-state index in [0.29, 0.717) is 18.8 Å². The van der Waals surface area contributed by atoms with Crippen LogP contribution in [0.4, 0.5) is 0 Å². The zero-order valence-corrected chi connectivity index (χ0v) is 14.9. The van der Waals surface area contributed by atoms with Gasteiger partial charge in [0.2, 0.25) is 5.91 Å². The second kappa shape index (κ2) is 6.94. The monoisotopic (exact) mass is 353 g/mol. The van der Waals surface area contributed by atoms with Gasteiger partial charge >= 0.3 is 0 Å². The van der Waals surface area contributed by atoms with Crippen molar-refractivity contribution in [2.75, 3.05) is 13.1 Å². The molecular weight excluding hydrogens is 330 g/mol. The van der Waals surface area contributed by atoms with Crippen LogP contribution in [0.15, 0.2) is 41.1 Å². The second-order valence-corrected chi connectivity index (χ2v) is 7.14. The average molecular weight is 353 g/mol. The normalized spacial score (nSPS) is 22.8. The number of fused-ring (bicyclic) bond motifs is 1. The molecule has 0 spiro atoms. The minimum Gasteiger partial charge on any atom is -0.459 e. The molecule has 6 heteroatoms. The van der Waals surface area contributed by atoms with Crippen LogP contribution < -0.4 is 0 Å². The summed E-state index contributed by atoms with van der Waals surface area (Å²) in [7, 11) is 0. The lowest BCUT2D eigenvalue weighted by atomic mass is 9.91.